The van der Waals surface area contributed by atoms with Gasteiger partial charge in [-0.25, -0.2) is 0 Å². The van der Waals surface area contributed by atoms with Crippen LogP contribution in [0.2, 0.25) is 0 Å². The molecule has 1 fully saturated rings. The first-order valence-corrected chi connectivity index (χ1v) is 5.98. The lowest BCUT2D eigenvalue weighted by atomic mass is 9.88. The summed E-state index contributed by atoms with van der Waals surface area (Å²) < 4.78 is 0. The number of aromatic nitrogens is 1. The highest BCUT2D eigenvalue weighted by Gasteiger charge is 2.38. The molecule has 92 valence electrons. The van der Waals surface area contributed by atoms with Crippen LogP contribution in [0.15, 0.2) is 24.4 Å². The van der Waals surface area contributed by atoms with E-state index in [1.54, 1.807) is 11.1 Å². The molecule has 0 aliphatic carbocycles. The third-order valence-corrected chi connectivity index (χ3v) is 3.36. The van der Waals surface area contributed by atoms with Crippen molar-refractivity contribution in [3.63, 3.8) is 0 Å². The van der Waals surface area contributed by atoms with Gasteiger partial charge in [0.15, 0.2) is 0 Å². The number of nitrogens with zero attached hydrogens (tertiary/aromatic N) is 2. The van der Waals surface area contributed by atoms with Crippen LogP contribution in [0.5, 0.6) is 0 Å². The Morgan fingerprint density at radius 3 is 3.00 bits per heavy atom. The second-order valence-electron chi connectivity index (χ2n) is 4.97. The predicted molar refractivity (Wildman–Crippen MR) is 66.3 cm³/mol. The van der Waals surface area contributed by atoms with E-state index >= 15 is 0 Å². The number of rotatable bonds is 3. The Labute approximate surface area is 102 Å². The number of hydrogen-bond donors (Lipinski definition) is 1. The number of carbonyl (C=O) groups is 1. The van der Waals surface area contributed by atoms with Crippen molar-refractivity contribution in [3.05, 3.63) is 30.1 Å². The van der Waals surface area contributed by atoms with E-state index in [0.717, 1.165) is 25.2 Å². The van der Waals surface area contributed by atoms with Crippen molar-refractivity contribution in [2.75, 3.05) is 20.1 Å². The Morgan fingerprint density at radius 1 is 1.59 bits per heavy atom. The number of hydrogen-bond acceptors (Lipinski definition) is 3. The van der Waals surface area contributed by atoms with Gasteiger partial charge < -0.3 is 10.2 Å². The molecule has 0 radical (unpaired) electrons. The molecule has 1 amide bonds. The smallest absolute Gasteiger partial charge is 0.229 e. The van der Waals surface area contributed by atoms with Crippen LogP contribution >= 0.6 is 0 Å². The number of carbonyl (C=O) groups excluding carboxylic acids is 1. The fraction of sp³-hybridized carbons (Fsp3) is 0.538. The molecular weight excluding hydrogens is 214 g/mol. The zero-order chi connectivity index (χ0) is 12.3. The van der Waals surface area contributed by atoms with Gasteiger partial charge in [0.2, 0.25) is 5.91 Å². The summed E-state index contributed by atoms with van der Waals surface area (Å²) in [6.45, 7) is 4.32. The van der Waals surface area contributed by atoms with Gasteiger partial charge in [0.1, 0.15) is 0 Å². The Hall–Kier alpha value is -1.42. The lowest BCUT2D eigenvalue weighted by Crippen LogP contribution is -2.41. The fourth-order valence-corrected chi connectivity index (χ4v) is 2.27. The third-order valence-electron chi connectivity index (χ3n) is 3.36. The van der Waals surface area contributed by atoms with Crippen molar-refractivity contribution in [1.29, 1.82) is 0 Å². The maximum atomic E-state index is 12.3. The zero-order valence-corrected chi connectivity index (χ0v) is 10.4. The van der Waals surface area contributed by atoms with E-state index in [-0.39, 0.29) is 11.3 Å². The molecule has 1 aromatic rings. The standard InChI is InChI=1S/C13H19N3O/c1-13(6-8-14-10-13)12(17)16(2)9-11-5-3-4-7-15-11/h3-5,7,14H,6,8-10H2,1-2H3. The fourth-order valence-electron chi connectivity index (χ4n) is 2.27. The number of amides is 1. The largest absolute Gasteiger partial charge is 0.339 e. The molecule has 2 rings (SSSR count). The molecule has 0 saturated carbocycles. The van der Waals surface area contributed by atoms with Crippen LogP contribution in [0.3, 0.4) is 0 Å². The minimum absolute atomic E-state index is 0.202. The van der Waals surface area contributed by atoms with Crippen molar-refractivity contribution < 1.29 is 4.79 Å². The van der Waals surface area contributed by atoms with Crippen molar-refractivity contribution in [1.82, 2.24) is 15.2 Å². The van der Waals surface area contributed by atoms with Crippen LogP contribution in [0.4, 0.5) is 0 Å². The van der Waals surface area contributed by atoms with Gasteiger partial charge in [0, 0.05) is 19.8 Å². The van der Waals surface area contributed by atoms with E-state index in [2.05, 4.69) is 10.3 Å². The van der Waals surface area contributed by atoms with Crippen molar-refractivity contribution in [2.24, 2.45) is 5.41 Å². The first kappa shape index (κ1) is 12.0. The van der Waals surface area contributed by atoms with Gasteiger partial charge in [-0.15, -0.1) is 0 Å². The molecule has 2 heterocycles. The molecule has 1 saturated heterocycles. The monoisotopic (exact) mass is 233 g/mol. The summed E-state index contributed by atoms with van der Waals surface area (Å²) >= 11 is 0. The summed E-state index contributed by atoms with van der Waals surface area (Å²) in [6, 6.07) is 5.77. The summed E-state index contributed by atoms with van der Waals surface area (Å²) in [6.07, 6.45) is 2.67. The maximum absolute atomic E-state index is 12.3. The lowest BCUT2D eigenvalue weighted by molar-refractivity contribution is -0.139. The van der Waals surface area contributed by atoms with Gasteiger partial charge in [0.05, 0.1) is 17.7 Å². The quantitative estimate of drug-likeness (QED) is 0.848. The average Bonchev–Trinajstić information content (AvgIpc) is 2.78. The zero-order valence-electron chi connectivity index (χ0n) is 10.4. The molecular formula is C13H19N3O. The molecule has 1 atom stereocenters. The van der Waals surface area contributed by atoms with E-state index < -0.39 is 0 Å². The van der Waals surface area contributed by atoms with Gasteiger partial charge in [-0.1, -0.05) is 6.07 Å². The highest BCUT2D eigenvalue weighted by molar-refractivity contribution is 5.82. The van der Waals surface area contributed by atoms with Gasteiger partial charge in [0.25, 0.3) is 0 Å². The Bertz CT molecular complexity index is 385. The van der Waals surface area contributed by atoms with Crippen LogP contribution < -0.4 is 5.32 Å². The lowest BCUT2D eigenvalue weighted by Gasteiger charge is -2.28. The summed E-state index contributed by atoms with van der Waals surface area (Å²) in [5, 5.41) is 3.25. The molecule has 0 bridgehead atoms. The van der Waals surface area contributed by atoms with Crippen LogP contribution in [-0.2, 0) is 11.3 Å². The van der Waals surface area contributed by atoms with Crippen LogP contribution in [0, 0.1) is 5.41 Å². The van der Waals surface area contributed by atoms with Gasteiger partial charge in [-0.05, 0) is 32.0 Å². The van der Waals surface area contributed by atoms with Crippen molar-refractivity contribution in [3.8, 4) is 0 Å². The first-order chi connectivity index (χ1) is 8.12. The van der Waals surface area contributed by atoms with Gasteiger partial charge >= 0.3 is 0 Å². The molecule has 4 nitrogen and oxygen atoms in total. The first-order valence-electron chi connectivity index (χ1n) is 5.98. The minimum Gasteiger partial charge on any atom is -0.339 e. The summed E-state index contributed by atoms with van der Waals surface area (Å²) in [5.41, 5.74) is 0.682. The van der Waals surface area contributed by atoms with Gasteiger partial charge in [-0.2, -0.15) is 0 Å². The molecule has 1 aliphatic heterocycles. The second-order valence-corrected chi connectivity index (χ2v) is 4.97. The third kappa shape index (κ3) is 2.64. The average molecular weight is 233 g/mol. The van der Waals surface area contributed by atoms with E-state index in [0.29, 0.717) is 6.54 Å². The molecule has 0 spiro atoms. The van der Waals surface area contributed by atoms with Crippen LogP contribution in [0.1, 0.15) is 19.0 Å². The minimum atomic E-state index is -0.246. The highest BCUT2D eigenvalue weighted by Crippen LogP contribution is 2.27. The molecule has 0 aromatic carbocycles. The normalized spacial score (nSPS) is 23.6. The molecule has 1 aliphatic rings. The molecule has 4 heteroatoms. The Kier molecular flexibility index (Phi) is 3.43. The second kappa shape index (κ2) is 4.84. The van der Waals surface area contributed by atoms with Crippen LogP contribution in [0.25, 0.3) is 0 Å². The van der Waals surface area contributed by atoms with E-state index in [1.807, 2.05) is 32.2 Å². The SMILES string of the molecule is CN(Cc1ccccn1)C(=O)C1(C)CCNC1. The summed E-state index contributed by atoms with van der Waals surface area (Å²) in [4.78, 5) is 18.3. The van der Waals surface area contributed by atoms with E-state index in [1.165, 1.54) is 0 Å². The van der Waals surface area contributed by atoms with E-state index in [4.69, 9.17) is 0 Å². The molecule has 1 aromatic heterocycles. The highest BCUT2D eigenvalue weighted by atomic mass is 16.2. The number of nitrogens with one attached hydrogen (secondary N) is 1. The predicted octanol–water partition coefficient (Wildman–Crippen LogP) is 1.04. The van der Waals surface area contributed by atoms with E-state index in [9.17, 15) is 4.79 Å². The van der Waals surface area contributed by atoms with Crippen molar-refractivity contribution >= 4 is 5.91 Å². The molecule has 1 unspecified atom stereocenters. The maximum Gasteiger partial charge on any atom is 0.229 e. The Balaban J connectivity index is 2.00. The summed E-state index contributed by atoms with van der Waals surface area (Å²) in [7, 11) is 1.85. The Morgan fingerprint density at radius 2 is 2.41 bits per heavy atom. The number of pyridine rings is 1. The molecule has 17 heavy (non-hydrogen) atoms. The van der Waals surface area contributed by atoms with Crippen molar-refractivity contribution in [2.45, 2.75) is 19.9 Å². The van der Waals surface area contributed by atoms with Crippen LogP contribution in [-0.4, -0.2) is 35.9 Å². The van der Waals surface area contributed by atoms with Gasteiger partial charge in [-0.3, -0.25) is 9.78 Å². The molecule has 1 N–H and O–H groups in total. The topological polar surface area (TPSA) is 45.2 Å². The summed E-state index contributed by atoms with van der Waals surface area (Å²) in [5.74, 6) is 0.202.